The average Bonchev–Trinajstić information content (AvgIpc) is 3.14. The quantitative estimate of drug-likeness (QED) is 0.451. The number of carboxylic acid groups (broad SMARTS) is 1. The molecule has 156 valence electrons. The highest BCUT2D eigenvalue weighted by molar-refractivity contribution is 6.31. The first-order valence-corrected chi connectivity index (χ1v) is 9.70. The van der Waals surface area contributed by atoms with Crippen LogP contribution in [-0.4, -0.2) is 40.9 Å². The highest BCUT2D eigenvalue weighted by atomic mass is 35.5. The normalized spacial score (nSPS) is 11.8. The lowest BCUT2D eigenvalue weighted by Gasteiger charge is -2.14. The van der Waals surface area contributed by atoms with Gasteiger partial charge in [-0.1, -0.05) is 29.8 Å². The van der Waals surface area contributed by atoms with Gasteiger partial charge in [0.2, 0.25) is 5.91 Å². The summed E-state index contributed by atoms with van der Waals surface area (Å²) in [4.78, 5) is 39.5. The zero-order valence-electron chi connectivity index (χ0n) is 16.3. The van der Waals surface area contributed by atoms with Gasteiger partial charge in [-0.15, -0.1) is 0 Å². The second-order valence-corrected chi connectivity index (χ2v) is 7.23. The Hall–Kier alpha value is -3.32. The van der Waals surface area contributed by atoms with Gasteiger partial charge in [0, 0.05) is 41.4 Å². The minimum atomic E-state index is -1.14. The van der Waals surface area contributed by atoms with Crippen molar-refractivity contribution in [3.05, 3.63) is 64.8 Å². The summed E-state index contributed by atoms with van der Waals surface area (Å²) in [6.45, 7) is 0. The minimum Gasteiger partial charge on any atom is -0.496 e. The molecule has 3 rings (SSSR count). The van der Waals surface area contributed by atoms with E-state index in [9.17, 15) is 19.5 Å². The summed E-state index contributed by atoms with van der Waals surface area (Å²) < 4.78 is 5.16. The van der Waals surface area contributed by atoms with E-state index in [1.165, 1.54) is 13.2 Å². The summed E-state index contributed by atoms with van der Waals surface area (Å²) in [5.41, 5.74) is 1.97. The molecule has 0 radical (unpaired) electrons. The fraction of sp³-hybridized carbons (Fsp3) is 0.227. The number of carbonyl (C=O) groups is 3. The maximum atomic E-state index is 12.5. The predicted octanol–water partition coefficient (Wildman–Crippen LogP) is 3.60. The number of rotatable bonds is 9. The molecule has 0 saturated carbocycles. The third-order valence-corrected chi connectivity index (χ3v) is 5.01. The van der Waals surface area contributed by atoms with Gasteiger partial charge in [-0.2, -0.15) is 0 Å². The van der Waals surface area contributed by atoms with Gasteiger partial charge in [0.25, 0.3) is 0 Å². The average molecular weight is 429 g/mol. The smallest absolute Gasteiger partial charge is 0.326 e. The summed E-state index contributed by atoms with van der Waals surface area (Å²) in [7, 11) is 1.44. The summed E-state index contributed by atoms with van der Waals surface area (Å²) in [6, 6.07) is 11.1. The second-order valence-electron chi connectivity index (χ2n) is 6.79. The summed E-state index contributed by atoms with van der Waals surface area (Å²) in [6.07, 6.45) is 1.62. The van der Waals surface area contributed by atoms with Crippen molar-refractivity contribution in [2.75, 3.05) is 7.11 Å². The largest absolute Gasteiger partial charge is 0.496 e. The Morgan fingerprint density at radius 1 is 1.17 bits per heavy atom. The molecule has 2 aromatic carbocycles. The van der Waals surface area contributed by atoms with Crippen molar-refractivity contribution >= 4 is 40.2 Å². The molecule has 1 atom stereocenters. The van der Waals surface area contributed by atoms with Crippen LogP contribution in [0.5, 0.6) is 5.75 Å². The van der Waals surface area contributed by atoms with Crippen molar-refractivity contribution in [3.63, 3.8) is 0 Å². The first-order valence-electron chi connectivity index (χ1n) is 9.33. The highest BCUT2D eigenvalue weighted by Crippen LogP contribution is 2.24. The van der Waals surface area contributed by atoms with Gasteiger partial charge in [-0.3, -0.25) is 9.59 Å². The van der Waals surface area contributed by atoms with Crippen LogP contribution < -0.4 is 10.1 Å². The van der Waals surface area contributed by atoms with E-state index in [4.69, 9.17) is 16.3 Å². The number of aromatic nitrogens is 1. The number of amides is 1. The number of para-hydroxylation sites is 1. The van der Waals surface area contributed by atoms with Crippen molar-refractivity contribution in [3.8, 4) is 5.75 Å². The molecule has 0 spiro atoms. The zero-order valence-corrected chi connectivity index (χ0v) is 17.0. The topological polar surface area (TPSA) is 108 Å². The Bertz CT molecular complexity index is 1090. The first kappa shape index (κ1) is 21.4. The lowest BCUT2D eigenvalue weighted by Crippen LogP contribution is -2.42. The van der Waals surface area contributed by atoms with Crippen molar-refractivity contribution in [1.82, 2.24) is 10.3 Å². The molecule has 0 aliphatic rings. The Morgan fingerprint density at radius 2 is 1.93 bits per heavy atom. The number of H-pyrrole nitrogens is 1. The third kappa shape index (κ3) is 4.99. The van der Waals surface area contributed by atoms with Crippen LogP contribution in [0, 0.1) is 0 Å². The van der Waals surface area contributed by atoms with Crippen LogP contribution in [0.1, 0.15) is 28.8 Å². The molecule has 0 fully saturated rings. The number of benzene rings is 2. The molecular weight excluding hydrogens is 408 g/mol. The molecule has 3 N–H and O–H groups in total. The van der Waals surface area contributed by atoms with Crippen LogP contribution in [0.4, 0.5) is 0 Å². The second kappa shape index (κ2) is 9.45. The van der Waals surface area contributed by atoms with E-state index in [-0.39, 0.29) is 30.6 Å². The van der Waals surface area contributed by atoms with Crippen molar-refractivity contribution < 1.29 is 24.2 Å². The molecule has 0 aliphatic heterocycles. The van der Waals surface area contributed by atoms with Crippen LogP contribution >= 0.6 is 11.6 Å². The molecule has 3 aromatic rings. The number of aromatic amines is 1. The number of fused-ring (bicyclic) bond motifs is 1. The molecule has 8 heteroatoms. The maximum absolute atomic E-state index is 12.5. The fourth-order valence-corrected chi connectivity index (χ4v) is 3.42. The Morgan fingerprint density at radius 3 is 2.67 bits per heavy atom. The van der Waals surface area contributed by atoms with Gasteiger partial charge < -0.3 is 20.1 Å². The molecular formula is C22H21ClN2O5. The molecule has 1 heterocycles. The van der Waals surface area contributed by atoms with Crippen LogP contribution in [0.2, 0.25) is 5.02 Å². The minimum absolute atomic E-state index is 0.0953. The molecule has 0 aliphatic carbocycles. The first-order chi connectivity index (χ1) is 14.4. The summed E-state index contributed by atoms with van der Waals surface area (Å²) in [5, 5.41) is 13.3. The van der Waals surface area contributed by atoms with Crippen LogP contribution in [0.3, 0.4) is 0 Å². The van der Waals surface area contributed by atoms with E-state index in [1.54, 1.807) is 18.3 Å². The molecule has 0 bridgehead atoms. The van der Waals surface area contributed by atoms with E-state index < -0.39 is 17.9 Å². The lowest BCUT2D eigenvalue weighted by atomic mass is 10.0. The van der Waals surface area contributed by atoms with E-state index in [0.29, 0.717) is 10.8 Å². The van der Waals surface area contributed by atoms with E-state index in [1.807, 2.05) is 24.3 Å². The molecule has 0 saturated heterocycles. The Kier molecular flexibility index (Phi) is 6.74. The number of carbonyl (C=O) groups excluding carboxylic acids is 2. The van der Waals surface area contributed by atoms with Gasteiger partial charge in [-0.25, -0.2) is 4.79 Å². The SMILES string of the molecule is COc1ccc(Cl)cc1C(=O)CCC(=O)NC(Cc1c[nH]c2ccccc12)C(=O)O. The van der Waals surface area contributed by atoms with Gasteiger partial charge >= 0.3 is 5.97 Å². The van der Waals surface area contributed by atoms with Crippen molar-refractivity contribution in [1.29, 1.82) is 0 Å². The standard InChI is InChI=1S/C22H21ClN2O5/c1-30-20-8-6-14(23)11-16(20)19(26)7-9-21(27)25-18(22(28)29)10-13-12-24-17-5-3-2-4-15(13)17/h2-6,8,11-12,18,24H,7,9-10H2,1H3,(H,25,27)(H,28,29). The molecule has 7 nitrogen and oxygen atoms in total. The van der Waals surface area contributed by atoms with Crippen LogP contribution in [-0.2, 0) is 16.0 Å². The number of hydrogen-bond donors (Lipinski definition) is 3. The molecule has 1 aromatic heterocycles. The number of carboxylic acids is 1. The van der Waals surface area contributed by atoms with Crippen molar-refractivity contribution in [2.45, 2.75) is 25.3 Å². The zero-order chi connectivity index (χ0) is 21.7. The number of Topliss-reactive ketones (excluding diaryl/α,β-unsaturated/α-hetero) is 1. The van der Waals surface area contributed by atoms with Crippen LogP contribution in [0.25, 0.3) is 10.9 Å². The number of ketones is 1. The van der Waals surface area contributed by atoms with E-state index in [2.05, 4.69) is 10.3 Å². The lowest BCUT2D eigenvalue weighted by molar-refractivity contribution is -0.141. The number of hydrogen-bond acceptors (Lipinski definition) is 4. The number of nitrogens with one attached hydrogen (secondary N) is 2. The predicted molar refractivity (Wildman–Crippen MR) is 113 cm³/mol. The van der Waals surface area contributed by atoms with Crippen LogP contribution in [0.15, 0.2) is 48.7 Å². The van der Waals surface area contributed by atoms with E-state index in [0.717, 1.165) is 16.5 Å². The van der Waals surface area contributed by atoms with Crippen molar-refractivity contribution in [2.24, 2.45) is 0 Å². The van der Waals surface area contributed by atoms with Gasteiger partial charge in [-0.05, 0) is 29.8 Å². The third-order valence-electron chi connectivity index (χ3n) is 4.77. The summed E-state index contributed by atoms with van der Waals surface area (Å²) >= 11 is 5.94. The van der Waals surface area contributed by atoms with E-state index >= 15 is 0 Å². The Balaban J connectivity index is 1.62. The highest BCUT2D eigenvalue weighted by Gasteiger charge is 2.23. The molecule has 1 amide bonds. The Labute approximate surface area is 178 Å². The number of methoxy groups -OCH3 is 1. The molecule has 1 unspecified atom stereocenters. The van der Waals surface area contributed by atoms with Gasteiger partial charge in [0.1, 0.15) is 11.8 Å². The molecule has 30 heavy (non-hydrogen) atoms. The summed E-state index contributed by atoms with van der Waals surface area (Å²) in [5.74, 6) is -1.60. The number of halogens is 1. The monoisotopic (exact) mass is 428 g/mol. The maximum Gasteiger partial charge on any atom is 0.326 e. The number of ether oxygens (including phenoxy) is 1. The van der Waals surface area contributed by atoms with Gasteiger partial charge in [0.05, 0.1) is 12.7 Å². The number of aliphatic carboxylic acids is 1. The van der Waals surface area contributed by atoms with Gasteiger partial charge in [0.15, 0.2) is 5.78 Å². The fourth-order valence-electron chi connectivity index (χ4n) is 3.25.